The van der Waals surface area contributed by atoms with Crippen molar-refractivity contribution < 1.29 is 4.74 Å². The molecule has 0 amide bonds. The van der Waals surface area contributed by atoms with Gasteiger partial charge < -0.3 is 4.74 Å². The van der Waals surface area contributed by atoms with Crippen LogP contribution < -0.4 is 0 Å². The van der Waals surface area contributed by atoms with E-state index in [4.69, 9.17) is 4.74 Å². The van der Waals surface area contributed by atoms with Crippen LogP contribution in [0.5, 0.6) is 0 Å². The van der Waals surface area contributed by atoms with Gasteiger partial charge in [-0.2, -0.15) is 12.6 Å². The van der Waals surface area contributed by atoms with Crippen molar-refractivity contribution in [1.29, 1.82) is 0 Å². The lowest BCUT2D eigenvalue weighted by atomic mass is 9.92. The molecule has 0 radical (unpaired) electrons. The number of rotatable bonds is 4. The van der Waals surface area contributed by atoms with Gasteiger partial charge in [-0.05, 0) is 45.7 Å². The predicted molar refractivity (Wildman–Crippen MR) is 59.2 cm³/mol. The quantitative estimate of drug-likeness (QED) is 0.698. The molecule has 1 heterocycles. The van der Waals surface area contributed by atoms with Gasteiger partial charge in [0.25, 0.3) is 0 Å². The fraction of sp³-hybridized carbons (Fsp3) is 0.800. The summed E-state index contributed by atoms with van der Waals surface area (Å²) in [4.78, 5) is 2.20. The molecule has 0 aromatic heterocycles. The second-order valence-corrected chi connectivity index (χ2v) is 4.44. The second-order valence-electron chi connectivity index (χ2n) is 3.99. The summed E-state index contributed by atoms with van der Waals surface area (Å²) < 4.78 is 5.66. The molecular formula is C10H19NOS. The zero-order chi connectivity index (χ0) is 9.90. The van der Waals surface area contributed by atoms with Gasteiger partial charge in [-0.3, -0.25) is 4.90 Å². The summed E-state index contributed by atoms with van der Waals surface area (Å²) in [5, 5.41) is 0. The van der Waals surface area contributed by atoms with Crippen molar-refractivity contribution in [2.45, 2.75) is 31.4 Å². The van der Waals surface area contributed by atoms with E-state index in [0.29, 0.717) is 6.04 Å². The van der Waals surface area contributed by atoms with Crippen molar-refractivity contribution in [3.05, 3.63) is 12.3 Å². The first kappa shape index (κ1) is 10.9. The fourth-order valence-corrected chi connectivity index (χ4v) is 2.06. The molecule has 76 valence electrons. The zero-order valence-corrected chi connectivity index (χ0v) is 9.55. The summed E-state index contributed by atoms with van der Waals surface area (Å²) in [6.45, 7) is 2.17. The predicted octanol–water partition coefficient (Wildman–Crippen LogP) is 1.93. The Bertz CT molecular complexity index is 193. The molecule has 1 aliphatic rings. The highest BCUT2D eigenvalue weighted by Crippen LogP contribution is 2.30. The van der Waals surface area contributed by atoms with Crippen molar-refractivity contribution >= 4 is 12.6 Å². The molecule has 0 aliphatic carbocycles. The van der Waals surface area contributed by atoms with Crippen LogP contribution in [0.1, 0.15) is 19.8 Å². The van der Waals surface area contributed by atoms with Crippen LogP contribution in [0.25, 0.3) is 0 Å². The number of ether oxygens (including phenoxy) is 1. The summed E-state index contributed by atoms with van der Waals surface area (Å²) in [7, 11) is 4.17. The number of hydrogen-bond acceptors (Lipinski definition) is 3. The lowest BCUT2D eigenvalue weighted by molar-refractivity contribution is 0.00459. The maximum Gasteiger partial charge on any atom is 0.124 e. The van der Waals surface area contributed by atoms with E-state index < -0.39 is 0 Å². The molecule has 0 aromatic carbocycles. The number of nitrogens with zero attached hydrogens (tertiary/aromatic N) is 1. The molecule has 0 fully saturated rings. The van der Waals surface area contributed by atoms with Gasteiger partial charge in [0.2, 0.25) is 0 Å². The Labute approximate surface area is 86.4 Å². The fourth-order valence-electron chi connectivity index (χ4n) is 1.90. The number of thiol groups is 1. The third-order valence-electron chi connectivity index (χ3n) is 2.61. The molecular weight excluding hydrogens is 182 g/mol. The highest BCUT2D eigenvalue weighted by molar-refractivity contribution is 7.80. The summed E-state index contributed by atoms with van der Waals surface area (Å²) in [6, 6.07) is 0.396. The Morgan fingerprint density at radius 3 is 2.77 bits per heavy atom. The minimum atomic E-state index is -0.0494. The Morgan fingerprint density at radius 2 is 2.23 bits per heavy atom. The number of likely N-dealkylation sites (N-methyl/N-ethyl adjacent to an activating group) is 1. The average molecular weight is 201 g/mol. The van der Waals surface area contributed by atoms with E-state index in [1.165, 1.54) is 0 Å². The first-order valence-electron chi connectivity index (χ1n) is 4.72. The van der Waals surface area contributed by atoms with Crippen LogP contribution in [0.3, 0.4) is 0 Å². The van der Waals surface area contributed by atoms with E-state index in [9.17, 15) is 0 Å². The summed E-state index contributed by atoms with van der Waals surface area (Å²) >= 11 is 4.22. The van der Waals surface area contributed by atoms with Crippen molar-refractivity contribution in [2.24, 2.45) is 0 Å². The van der Waals surface area contributed by atoms with Crippen LogP contribution >= 0.6 is 12.6 Å². The van der Waals surface area contributed by atoms with E-state index >= 15 is 0 Å². The van der Waals surface area contributed by atoms with Crippen molar-refractivity contribution in [1.82, 2.24) is 4.90 Å². The van der Waals surface area contributed by atoms with Crippen LogP contribution in [-0.2, 0) is 4.74 Å². The third-order valence-corrected chi connectivity index (χ3v) is 2.93. The molecule has 0 spiro atoms. The molecule has 0 saturated carbocycles. The Hall–Kier alpha value is -0.150. The molecule has 2 atom stereocenters. The van der Waals surface area contributed by atoms with Crippen LogP contribution in [0.2, 0.25) is 0 Å². The summed E-state index contributed by atoms with van der Waals surface area (Å²) in [6.07, 6.45) is 6.11. The Kier molecular flexibility index (Phi) is 3.68. The molecule has 1 rings (SSSR count). The summed E-state index contributed by atoms with van der Waals surface area (Å²) in [5.41, 5.74) is -0.0494. The topological polar surface area (TPSA) is 12.5 Å². The molecule has 0 saturated heterocycles. The highest BCUT2D eigenvalue weighted by atomic mass is 32.1. The monoisotopic (exact) mass is 201 g/mol. The van der Waals surface area contributed by atoms with E-state index in [0.717, 1.165) is 18.6 Å². The molecule has 1 aliphatic heterocycles. The van der Waals surface area contributed by atoms with Gasteiger partial charge in [-0.25, -0.2) is 0 Å². The molecule has 0 bridgehead atoms. The van der Waals surface area contributed by atoms with Gasteiger partial charge in [0, 0.05) is 0 Å². The largest absolute Gasteiger partial charge is 0.493 e. The van der Waals surface area contributed by atoms with Crippen LogP contribution in [0.4, 0.5) is 0 Å². The molecule has 13 heavy (non-hydrogen) atoms. The van der Waals surface area contributed by atoms with E-state index in [-0.39, 0.29) is 5.60 Å². The molecule has 0 aromatic rings. The van der Waals surface area contributed by atoms with E-state index in [1.54, 1.807) is 0 Å². The molecule has 2 nitrogen and oxygen atoms in total. The van der Waals surface area contributed by atoms with Crippen LogP contribution in [0, 0.1) is 0 Å². The normalized spacial score (nSPS) is 32.5. The van der Waals surface area contributed by atoms with Gasteiger partial charge in [0.1, 0.15) is 5.60 Å². The van der Waals surface area contributed by atoms with Gasteiger partial charge in [-0.1, -0.05) is 0 Å². The van der Waals surface area contributed by atoms with Crippen LogP contribution in [0.15, 0.2) is 12.3 Å². The SMILES string of the molecule is CN(C)C1C=COC1(C)CCCS. The highest BCUT2D eigenvalue weighted by Gasteiger charge is 2.38. The van der Waals surface area contributed by atoms with Crippen molar-refractivity contribution in [3.63, 3.8) is 0 Å². The Morgan fingerprint density at radius 1 is 1.54 bits per heavy atom. The van der Waals surface area contributed by atoms with Gasteiger partial charge >= 0.3 is 0 Å². The molecule has 0 N–H and O–H groups in total. The molecule has 3 heteroatoms. The van der Waals surface area contributed by atoms with E-state index in [1.807, 2.05) is 6.26 Å². The van der Waals surface area contributed by atoms with Gasteiger partial charge in [0.05, 0.1) is 12.3 Å². The standard InChI is InChI=1S/C10H19NOS/c1-10(6-4-8-13)9(11(2)3)5-7-12-10/h5,7,9,13H,4,6,8H2,1-3H3. The first-order valence-corrected chi connectivity index (χ1v) is 5.35. The minimum absolute atomic E-state index is 0.0494. The van der Waals surface area contributed by atoms with Crippen molar-refractivity contribution in [3.8, 4) is 0 Å². The second kappa shape index (κ2) is 4.38. The lowest BCUT2D eigenvalue weighted by Gasteiger charge is -2.34. The number of hydrogen-bond donors (Lipinski definition) is 1. The smallest absolute Gasteiger partial charge is 0.124 e. The van der Waals surface area contributed by atoms with Gasteiger partial charge in [0.15, 0.2) is 0 Å². The first-order chi connectivity index (χ1) is 6.10. The minimum Gasteiger partial charge on any atom is -0.493 e. The van der Waals surface area contributed by atoms with Crippen molar-refractivity contribution in [2.75, 3.05) is 19.8 Å². The van der Waals surface area contributed by atoms with Crippen LogP contribution in [-0.4, -0.2) is 36.4 Å². The lowest BCUT2D eigenvalue weighted by Crippen LogP contribution is -2.45. The average Bonchev–Trinajstić information content (AvgIpc) is 2.44. The zero-order valence-electron chi connectivity index (χ0n) is 8.66. The maximum absolute atomic E-state index is 5.66. The maximum atomic E-state index is 5.66. The third kappa shape index (κ3) is 2.41. The summed E-state index contributed by atoms with van der Waals surface area (Å²) in [5.74, 6) is 0.930. The van der Waals surface area contributed by atoms with Gasteiger partial charge in [-0.15, -0.1) is 0 Å². The molecule has 2 unspecified atom stereocenters. The Balaban J connectivity index is 2.56. The van der Waals surface area contributed by atoms with E-state index in [2.05, 4.69) is 44.6 Å².